The van der Waals surface area contributed by atoms with Crippen molar-refractivity contribution in [3.8, 4) is 0 Å². The van der Waals surface area contributed by atoms with Gasteiger partial charge in [0.1, 0.15) is 6.54 Å². The molecule has 1 aromatic carbocycles. The monoisotopic (exact) mass is 411 g/mol. The van der Waals surface area contributed by atoms with Crippen LogP contribution < -0.4 is 4.90 Å². The molecular weight excluding hydrogens is 386 g/mol. The normalized spacial score (nSPS) is 23.2. The largest absolute Gasteiger partial charge is 0.468 e. The van der Waals surface area contributed by atoms with Crippen molar-refractivity contribution in [2.24, 2.45) is 4.99 Å². The number of carbonyl (C=O) groups excluding carboxylic acids is 3. The number of hydrogen-bond acceptors (Lipinski definition) is 7. The van der Waals surface area contributed by atoms with Crippen molar-refractivity contribution in [3.63, 3.8) is 0 Å². The van der Waals surface area contributed by atoms with Gasteiger partial charge in [-0.3, -0.25) is 24.3 Å². The minimum absolute atomic E-state index is 0.423. The molecule has 0 bridgehead atoms. The van der Waals surface area contributed by atoms with Crippen LogP contribution in [0.2, 0.25) is 0 Å². The van der Waals surface area contributed by atoms with E-state index in [2.05, 4.69) is 30.7 Å². The van der Waals surface area contributed by atoms with Crippen molar-refractivity contribution >= 4 is 29.6 Å². The van der Waals surface area contributed by atoms with Gasteiger partial charge in [0.15, 0.2) is 12.2 Å². The van der Waals surface area contributed by atoms with Crippen LogP contribution in [-0.4, -0.2) is 71.5 Å². The van der Waals surface area contributed by atoms with Gasteiger partial charge in [-0.25, -0.2) is 9.79 Å². The minimum atomic E-state index is -0.723. The van der Waals surface area contributed by atoms with E-state index in [-0.39, 0.29) is 0 Å². The third-order valence-corrected chi connectivity index (χ3v) is 6.16. The molecule has 3 aliphatic heterocycles. The summed E-state index contributed by atoms with van der Waals surface area (Å²) >= 11 is 0. The van der Waals surface area contributed by atoms with Crippen LogP contribution in [-0.2, 0) is 14.3 Å². The highest BCUT2D eigenvalue weighted by atomic mass is 16.5. The molecule has 0 spiro atoms. The van der Waals surface area contributed by atoms with Gasteiger partial charge in [-0.1, -0.05) is 6.07 Å². The molecule has 0 saturated carbocycles. The van der Waals surface area contributed by atoms with E-state index >= 15 is 0 Å². The number of ether oxygens (including phenoxy) is 1. The first-order valence-corrected chi connectivity index (χ1v) is 9.74. The van der Waals surface area contributed by atoms with Gasteiger partial charge in [0.25, 0.3) is 5.91 Å². The van der Waals surface area contributed by atoms with Gasteiger partial charge in [-0.2, -0.15) is 0 Å². The number of carbonyl (C=O) groups is 3. The van der Waals surface area contributed by atoms with Gasteiger partial charge in [-0.05, 0) is 51.0 Å². The number of rotatable bonds is 3. The van der Waals surface area contributed by atoms with E-state index in [0.717, 1.165) is 27.5 Å². The second kappa shape index (κ2) is 6.86. The van der Waals surface area contributed by atoms with Crippen LogP contribution in [0.1, 0.15) is 25.0 Å². The Labute approximate surface area is 175 Å². The lowest BCUT2D eigenvalue weighted by Crippen LogP contribution is -2.65. The standard InChI is InChI=1S/C21H25N5O4/c1-11-7-8-15(9-12(11)2)25-13(3)14(4)26-17-18(22-20(25)26)23(5)21(29)24(19(17)28)10-16(27)30-6/h7-9,17-18H,10H2,1-6H3. The Morgan fingerprint density at radius 3 is 2.43 bits per heavy atom. The van der Waals surface area contributed by atoms with E-state index in [0.29, 0.717) is 5.96 Å². The number of amides is 3. The Morgan fingerprint density at radius 2 is 1.80 bits per heavy atom. The molecule has 4 rings (SSSR count). The van der Waals surface area contributed by atoms with E-state index in [9.17, 15) is 14.4 Å². The number of likely N-dealkylation sites (N-methyl/N-ethyl adjacent to an activating group) is 1. The van der Waals surface area contributed by atoms with E-state index in [4.69, 9.17) is 4.99 Å². The van der Waals surface area contributed by atoms with Gasteiger partial charge < -0.3 is 9.64 Å². The Kier molecular flexibility index (Phi) is 4.56. The third kappa shape index (κ3) is 2.68. The lowest BCUT2D eigenvalue weighted by Gasteiger charge is -2.40. The van der Waals surface area contributed by atoms with Crippen LogP contribution in [0.5, 0.6) is 0 Å². The molecule has 0 aromatic heterocycles. The maximum absolute atomic E-state index is 13.3. The molecular formula is C21H25N5O4. The lowest BCUT2D eigenvalue weighted by atomic mass is 10.1. The number of anilines is 1. The summed E-state index contributed by atoms with van der Waals surface area (Å²) in [5, 5.41) is 0. The van der Waals surface area contributed by atoms with E-state index in [1.807, 2.05) is 29.7 Å². The van der Waals surface area contributed by atoms with E-state index in [1.165, 1.54) is 17.6 Å². The number of methoxy groups -OCH3 is 1. The molecule has 0 aliphatic carbocycles. The zero-order chi connectivity index (χ0) is 21.9. The average Bonchev–Trinajstić information content (AvgIpc) is 3.21. The van der Waals surface area contributed by atoms with Crippen LogP contribution in [0.25, 0.3) is 0 Å². The molecule has 0 N–H and O–H groups in total. The van der Waals surface area contributed by atoms with Gasteiger partial charge in [0, 0.05) is 24.1 Å². The van der Waals surface area contributed by atoms with Crippen molar-refractivity contribution in [2.75, 3.05) is 25.6 Å². The maximum atomic E-state index is 13.3. The molecule has 9 nitrogen and oxygen atoms in total. The third-order valence-electron chi connectivity index (χ3n) is 6.16. The molecule has 30 heavy (non-hydrogen) atoms. The summed E-state index contributed by atoms with van der Waals surface area (Å²) in [6, 6.07) is 4.87. The summed E-state index contributed by atoms with van der Waals surface area (Å²) in [5.41, 5.74) is 5.13. The summed E-state index contributed by atoms with van der Waals surface area (Å²) in [6.45, 7) is 7.60. The Morgan fingerprint density at radius 1 is 1.10 bits per heavy atom. The smallest absolute Gasteiger partial charge is 0.328 e. The number of benzene rings is 1. The topological polar surface area (TPSA) is 85.8 Å². The fourth-order valence-corrected chi connectivity index (χ4v) is 4.13. The number of guanidine groups is 1. The van der Waals surface area contributed by atoms with Crippen molar-refractivity contribution in [1.82, 2.24) is 14.7 Å². The van der Waals surface area contributed by atoms with Crippen molar-refractivity contribution in [2.45, 2.75) is 39.9 Å². The summed E-state index contributed by atoms with van der Waals surface area (Å²) < 4.78 is 4.65. The number of fused-ring (bicyclic) bond motifs is 3. The highest BCUT2D eigenvalue weighted by Gasteiger charge is 2.56. The lowest BCUT2D eigenvalue weighted by molar-refractivity contribution is -0.148. The van der Waals surface area contributed by atoms with Crippen LogP contribution in [0.15, 0.2) is 34.6 Å². The molecule has 1 fully saturated rings. The van der Waals surface area contributed by atoms with Crippen LogP contribution in [0, 0.1) is 13.8 Å². The molecule has 2 atom stereocenters. The Bertz CT molecular complexity index is 1030. The first-order valence-electron chi connectivity index (χ1n) is 9.74. The highest BCUT2D eigenvalue weighted by Crippen LogP contribution is 2.40. The molecule has 1 aromatic rings. The van der Waals surface area contributed by atoms with Crippen molar-refractivity contribution in [3.05, 3.63) is 40.7 Å². The zero-order valence-electron chi connectivity index (χ0n) is 18.0. The fourth-order valence-electron chi connectivity index (χ4n) is 4.13. The average molecular weight is 411 g/mol. The highest BCUT2D eigenvalue weighted by molar-refractivity contribution is 6.11. The quantitative estimate of drug-likeness (QED) is 0.705. The number of aliphatic imine (C=N–C) groups is 1. The molecule has 158 valence electrons. The number of nitrogens with zero attached hydrogens (tertiary/aromatic N) is 5. The number of urea groups is 1. The zero-order valence-corrected chi connectivity index (χ0v) is 18.0. The Hall–Kier alpha value is -3.36. The molecule has 3 heterocycles. The number of hydrogen-bond donors (Lipinski definition) is 0. The summed E-state index contributed by atoms with van der Waals surface area (Å²) in [4.78, 5) is 48.8. The summed E-state index contributed by atoms with van der Waals surface area (Å²) in [6.07, 6.45) is -0.661. The van der Waals surface area contributed by atoms with Crippen LogP contribution in [0.3, 0.4) is 0 Å². The molecule has 2 unspecified atom stereocenters. The molecule has 3 amide bonds. The fraction of sp³-hybridized carbons (Fsp3) is 0.429. The first-order chi connectivity index (χ1) is 14.2. The van der Waals surface area contributed by atoms with Gasteiger partial charge in [-0.15, -0.1) is 0 Å². The maximum Gasteiger partial charge on any atom is 0.328 e. The first kappa shape index (κ1) is 19.9. The SMILES string of the molecule is COC(=O)CN1C(=O)C2C(N=C3N(c4ccc(C)c(C)c4)C(C)=C(C)N32)N(C)C1=O. The van der Waals surface area contributed by atoms with E-state index in [1.54, 1.807) is 7.05 Å². The van der Waals surface area contributed by atoms with Gasteiger partial charge in [0.2, 0.25) is 5.96 Å². The summed E-state index contributed by atoms with van der Waals surface area (Å²) in [7, 11) is 2.82. The molecule has 9 heteroatoms. The second-order valence-electron chi connectivity index (χ2n) is 7.83. The predicted molar refractivity (Wildman–Crippen MR) is 111 cm³/mol. The number of aryl methyl sites for hydroxylation is 2. The number of imide groups is 1. The second-order valence-corrected chi connectivity index (χ2v) is 7.83. The molecule has 1 saturated heterocycles. The Balaban J connectivity index is 1.75. The van der Waals surface area contributed by atoms with Gasteiger partial charge in [0.05, 0.1) is 7.11 Å². The van der Waals surface area contributed by atoms with Crippen LogP contribution >= 0.6 is 0 Å². The number of allylic oxidation sites excluding steroid dienone is 2. The van der Waals surface area contributed by atoms with Crippen molar-refractivity contribution in [1.29, 1.82) is 0 Å². The van der Waals surface area contributed by atoms with Crippen molar-refractivity contribution < 1.29 is 19.1 Å². The van der Waals surface area contributed by atoms with Gasteiger partial charge >= 0.3 is 12.0 Å². The number of esters is 1. The predicted octanol–water partition coefficient (Wildman–Crippen LogP) is 1.81. The molecule has 0 radical (unpaired) electrons. The van der Waals surface area contributed by atoms with E-state index < -0.39 is 36.7 Å². The minimum Gasteiger partial charge on any atom is -0.468 e. The van der Waals surface area contributed by atoms with Crippen LogP contribution in [0.4, 0.5) is 10.5 Å². The summed E-state index contributed by atoms with van der Waals surface area (Å²) in [5.74, 6) is -0.498. The molecule has 3 aliphatic rings.